The minimum atomic E-state index is -4.35. The number of hydrogen-bond acceptors (Lipinski definition) is 4. The standard InChI is InChI=1S/C27H26F3N3O2/c1-18(16-17-33-26(35)23-4-2-3-5-24(23)31-32-33)25(34)15-8-19-6-9-20(10-7-19)21-11-13-22(14-12-21)27(28,29)30/h2-7,9-14,18,25,34H,8,15-17H2,1H3. The fourth-order valence-electron chi connectivity index (χ4n) is 4.00. The van der Waals surface area contributed by atoms with E-state index in [1.165, 1.54) is 16.8 Å². The van der Waals surface area contributed by atoms with Crippen molar-refractivity contribution in [1.29, 1.82) is 0 Å². The van der Waals surface area contributed by atoms with Crippen LogP contribution in [0, 0.1) is 5.92 Å². The zero-order valence-electron chi connectivity index (χ0n) is 19.2. The molecule has 0 radical (unpaired) electrons. The predicted octanol–water partition coefficient (Wildman–Crippen LogP) is 5.50. The Hall–Kier alpha value is -3.52. The molecular weight excluding hydrogens is 455 g/mol. The lowest BCUT2D eigenvalue weighted by Gasteiger charge is -2.19. The quantitative estimate of drug-likeness (QED) is 0.361. The van der Waals surface area contributed by atoms with Gasteiger partial charge in [0, 0.05) is 6.54 Å². The molecular formula is C27H26F3N3O2. The number of rotatable bonds is 8. The maximum Gasteiger partial charge on any atom is 0.416 e. The van der Waals surface area contributed by atoms with E-state index in [1.807, 2.05) is 37.3 Å². The first-order valence-corrected chi connectivity index (χ1v) is 11.5. The summed E-state index contributed by atoms with van der Waals surface area (Å²) in [6.45, 7) is 2.31. The average molecular weight is 482 g/mol. The SMILES string of the molecule is CC(CCn1nnc2ccccc2c1=O)C(O)CCc1ccc(-c2ccc(C(F)(F)F)cc2)cc1. The first-order chi connectivity index (χ1) is 16.7. The van der Waals surface area contributed by atoms with Crippen LogP contribution in [0.5, 0.6) is 0 Å². The van der Waals surface area contributed by atoms with E-state index in [0.717, 1.165) is 23.3 Å². The Bertz CT molecular complexity index is 1330. The van der Waals surface area contributed by atoms with Crippen molar-refractivity contribution in [2.24, 2.45) is 5.92 Å². The normalized spacial score (nSPS) is 13.6. The molecule has 0 fully saturated rings. The van der Waals surface area contributed by atoms with Gasteiger partial charge in [-0.3, -0.25) is 4.79 Å². The van der Waals surface area contributed by atoms with Crippen molar-refractivity contribution in [3.8, 4) is 11.1 Å². The Morgan fingerprint density at radius 3 is 2.20 bits per heavy atom. The minimum absolute atomic E-state index is 0.0402. The number of aliphatic hydroxyl groups is 1. The fraction of sp³-hybridized carbons (Fsp3) is 0.296. The molecule has 0 saturated carbocycles. The number of nitrogens with zero attached hydrogens (tertiary/aromatic N) is 3. The molecule has 0 amide bonds. The maximum atomic E-state index is 12.7. The maximum absolute atomic E-state index is 12.7. The lowest BCUT2D eigenvalue weighted by molar-refractivity contribution is -0.137. The van der Waals surface area contributed by atoms with Crippen LogP contribution in [-0.4, -0.2) is 26.2 Å². The van der Waals surface area contributed by atoms with Crippen molar-refractivity contribution in [2.45, 2.75) is 45.0 Å². The molecule has 0 aliphatic heterocycles. The second-order valence-corrected chi connectivity index (χ2v) is 8.78. The molecule has 4 aromatic rings. The summed E-state index contributed by atoms with van der Waals surface area (Å²) in [5, 5.41) is 19.2. The van der Waals surface area contributed by atoms with E-state index in [0.29, 0.717) is 42.3 Å². The molecule has 1 heterocycles. The zero-order valence-corrected chi connectivity index (χ0v) is 19.2. The van der Waals surface area contributed by atoms with Crippen molar-refractivity contribution in [3.05, 3.63) is 94.3 Å². The summed E-state index contributed by atoms with van der Waals surface area (Å²) in [7, 11) is 0. The summed E-state index contributed by atoms with van der Waals surface area (Å²) >= 11 is 0. The van der Waals surface area contributed by atoms with Gasteiger partial charge in [-0.25, -0.2) is 4.68 Å². The molecule has 5 nitrogen and oxygen atoms in total. The van der Waals surface area contributed by atoms with E-state index in [-0.39, 0.29) is 11.5 Å². The number of aliphatic hydroxyl groups excluding tert-OH is 1. The van der Waals surface area contributed by atoms with E-state index in [2.05, 4.69) is 10.3 Å². The van der Waals surface area contributed by atoms with E-state index in [4.69, 9.17) is 0 Å². The number of aryl methyl sites for hydroxylation is 2. The highest BCUT2D eigenvalue weighted by Crippen LogP contribution is 2.31. The summed E-state index contributed by atoms with van der Waals surface area (Å²) in [5.74, 6) is -0.0402. The first-order valence-electron chi connectivity index (χ1n) is 11.5. The summed E-state index contributed by atoms with van der Waals surface area (Å²) in [6.07, 6.45) is -3.10. The molecule has 4 rings (SSSR count). The minimum Gasteiger partial charge on any atom is -0.393 e. The number of hydrogen-bond donors (Lipinski definition) is 1. The van der Waals surface area contributed by atoms with Gasteiger partial charge < -0.3 is 5.11 Å². The summed E-state index contributed by atoms with van der Waals surface area (Å²) in [5.41, 5.74) is 2.28. The van der Waals surface area contributed by atoms with Crippen LogP contribution in [0.4, 0.5) is 13.2 Å². The average Bonchev–Trinajstić information content (AvgIpc) is 2.86. The van der Waals surface area contributed by atoms with Crippen LogP contribution >= 0.6 is 0 Å². The Kier molecular flexibility index (Phi) is 7.31. The van der Waals surface area contributed by atoms with Gasteiger partial charge in [0.2, 0.25) is 0 Å². The lowest BCUT2D eigenvalue weighted by atomic mass is 9.94. The van der Waals surface area contributed by atoms with E-state index in [9.17, 15) is 23.1 Å². The Morgan fingerprint density at radius 1 is 0.914 bits per heavy atom. The fourth-order valence-corrected chi connectivity index (χ4v) is 4.00. The Balaban J connectivity index is 1.30. The van der Waals surface area contributed by atoms with Gasteiger partial charge in [0.1, 0.15) is 5.52 Å². The molecule has 0 saturated heterocycles. The molecule has 0 bridgehead atoms. The lowest BCUT2D eigenvalue weighted by Crippen LogP contribution is -2.27. The third-order valence-electron chi connectivity index (χ3n) is 6.31. The highest BCUT2D eigenvalue weighted by atomic mass is 19.4. The third-order valence-corrected chi connectivity index (χ3v) is 6.31. The van der Waals surface area contributed by atoms with Crippen molar-refractivity contribution >= 4 is 10.9 Å². The van der Waals surface area contributed by atoms with Gasteiger partial charge in [-0.05, 0) is 66.1 Å². The highest BCUT2D eigenvalue weighted by Gasteiger charge is 2.29. The van der Waals surface area contributed by atoms with Crippen molar-refractivity contribution in [1.82, 2.24) is 15.0 Å². The number of halogens is 3. The molecule has 2 atom stereocenters. The number of benzene rings is 3. The van der Waals surface area contributed by atoms with Crippen molar-refractivity contribution < 1.29 is 18.3 Å². The molecule has 0 spiro atoms. The van der Waals surface area contributed by atoms with E-state index in [1.54, 1.807) is 18.2 Å². The first kappa shape index (κ1) is 24.6. The molecule has 0 aliphatic rings. The summed E-state index contributed by atoms with van der Waals surface area (Å²) in [6, 6.07) is 19.8. The molecule has 3 aromatic carbocycles. The van der Waals surface area contributed by atoms with Gasteiger partial charge in [0.25, 0.3) is 5.56 Å². The molecule has 2 unspecified atom stereocenters. The summed E-state index contributed by atoms with van der Waals surface area (Å²) in [4.78, 5) is 12.6. The largest absolute Gasteiger partial charge is 0.416 e. The Labute approximate surface area is 200 Å². The van der Waals surface area contributed by atoms with E-state index < -0.39 is 17.8 Å². The van der Waals surface area contributed by atoms with Gasteiger partial charge >= 0.3 is 6.18 Å². The van der Waals surface area contributed by atoms with Crippen LogP contribution in [0.15, 0.2) is 77.6 Å². The topological polar surface area (TPSA) is 68.0 Å². The van der Waals surface area contributed by atoms with Crippen LogP contribution in [0.3, 0.4) is 0 Å². The molecule has 1 aromatic heterocycles. The second kappa shape index (κ2) is 10.4. The molecule has 1 N–H and O–H groups in total. The summed E-state index contributed by atoms with van der Waals surface area (Å²) < 4.78 is 39.6. The van der Waals surface area contributed by atoms with Crippen LogP contribution in [0.1, 0.15) is 30.9 Å². The van der Waals surface area contributed by atoms with Gasteiger partial charge in [-0.15, -0.1) is 5.10 Å². The number of aromatic nitrogens is 3. The predicted molar refractivity (Wildman–Crippen MR) is 129 cm³/mol. The zero-order chi connectivity index (χ0) is 25.0. The molecule has 35 heavy (non-hydrogen) atoms. The number of fused-ring (bicyclic) bond motifs is 1. The smallest absolute Gasteiger partial charge is 0.393 e. The van der Waals surface area contributed by atoms with Crippen molar-refractivity contribution in [2.75, 3.05) is 0 Å². The second-order valence-electron chi connectivity index (χ2n) is 8.78. The van der Waals surface area contributed by atoms with Gasteiger partial charge in [0.05, 0.1) is 17.1 Å². The molecule has 0 aliphatic carbocycles. The van der Waals surface area contributed by atoms with Crippen LogP contribution in [0.25, 0.3) is 22.0 Å². The van der Waals surface area contributed by atoms with E-state index >= 15 is 0 Å². The molecule has 182 valence electrons. The Morgan fingerprint density at radius 2 is 1.54 bits per heavy atom. The van der Waals surface area contributed by atoms with Gasteiger partial charge in [0.15, 0.2) is 0 Å². The van der Waals surface area contributed by atoms with Gasteiger partial charge in [-0.1, -0.05) is 60.7 Å². The monoisotopic (exact) mass is 481 g/mol. The van der Waals surface area contributed by atoms with Crippen LogP contribution in [0.2, 0.25) is 0 Å². The van der Waals surface area contributed by atoms with Gasteiger partial charge in [-0.2, -0.15) is 13.2 Å². The highest BCUT2D eigenvalue weighted by molar-refractivity contribution is 5.76. The third kappa shape index (κ3) is 5.95. The van der Waals surface area contributed by atoms with Crippen LogP contribution < -0.4 is 5.56 Å². The number of alkyl halides is 3. The van der Waals surface area contributed by atoms with Crippen LogP contribution in [-0.2, 0) is 19.1 Å². The van der Waals surface area contributed by atoms with Crippen molar-refractivity contribution in [3.63, 3.8) is 0 Å². The molecule has 8 heteroatoms.